The Morgan fingerprint density at radius 2 is 1.83 bits per heavy atom. The molecule has 0 aromatic heterocycles. The lowest BCUT2D eigenvalue weighted by Crippen LogP contribution is -2.35. The number of hydrogen-bond donors (Lipinski definition) is 1. The molecule has 0 radical (unpaired) electrons. The minimum Gasteiger partial charge on any atom is -0.396 e. The number of halogens is 1. The van der Waals surface area contributed by atoms with Crippen molar-refractivity contribution in [2.45, 2.75) is 13.0 Å². The van der Waals surface area contributed by atoms with Crippen LogP contribution in [0.5, 0.6) is 0 Å². The molecular weight excluding hydrogens is 305 g/mol. The Hall–Kier alpha value is -2.40. The van der Waals surface area contributed by atoms with Crippen LogP contribution in [0.2, 0.25) is 0 Å². The average molecular weight is 327 g/mol. The Morgan fingerprint density at radius 1 is 1.04 bits per heavy atom. The predicted octanol–water partition coefficient (Wildman–Crippen LogP) is 2.76. The zero-order valence-electron chi connectivity index (χ0n) is 13.6. The molecule has 5 heteroatoms. The second-order valence-electron chi connectivity index (χ2n) is 6.14. The maximum absolute atomic E-state index is 13.6. The van der Waals surface area contributed by atoms with Gasteiger partial charge in [0.2, 0.25) is 0 Å². The van der Waals surface area contributed by atoms with Crippen molar-refractivity contribution in [2.75, 3.05) is 31.9 Å². The van der Waals surface area contributed by atoms with Crippen molar-refractivity contribution in [3.8, 4) is 0 Å². The Balaban J connectivity index is 1.62. The molecule has 3 rings (SSSR count). The van der Waals surface area contributed by atoms with Gasteiger partial charge in [-0.15, -0.1) is 0 Å². The molecule has 0 spiro atoms. The van der Waals surface area contributed by atoms with Crippen LogP contribution in [-0.2, 0) is 6.54 Å². The summed E-state index contributed by atoms with van der Waals surface area (Å²) in [6, 6.07) is 14.6. The van der Waals surface area contributed by atoms with Gasteiger partial charge >= 0.3 is 0 Å². The molecule has 1 amide bonds. The average Bonchev–Trinajstić information content (AvgIpc) is 2.83. The van der Waals surface area contributed by atoms with Crippen LogP contribution < -0.4 is 5.73 Å². The van der Waals surface area contributed by atoms with Gasteiger partial charge in [-0.1, -0.05) is 30.3 Å². The maximum Gasteiger partial charge on any atom is 0.254 e. The van der Waals surface area contributed by atoms with Crippen LogP contribution >= 0.6 is 0 Å². The van der Waals surface area contributed by atoms with Crippen LogP contribution in [-0.4, -0.2) is 41.9 Å². The lowest BCUT2D eigenvalue weighted by molar-refractivity contribution is 0.0760. The lowest BCUT2D eigenvalue weighted by Gasteiger charge is -2.22. The number of nitrogen functional groups attached to an aromatic ring is 1. The van der Waals surface area contributed by atoms with Crippen LogP contribution in [0.1, 0.15) is 22.3 Å². The zero-order valence-corrected chi connectivity index (χ0v) is 13.6. The van der Waals surface area contributed by atoms with Crippen molar-refractivity contribution >= 4 is 11.6 Å². The molecule has 0 aliphatic carbocycles. The van der Waals surface area contributed by atoms with Crippen molar-refractivity contribution < 1.29 is 9.18 Å². The highest BCUT2D eigenvalue weighted by molar-refractivity contribution is 5.94. The van der Waals surface area contributed by atoms with Crippen molar-refractivity contribution in [2.24, 2.45) is 0 Å². The number of amides is 1. The van der Waals surface area contributed by atoms with Gasteiger partial charge in [0.15, 0.2) is 0 Å². The third-order valence-electron chi connectivity index (χ3n) is 4.37. The first-order valence-corrected chi connectivity index (χ1v) is 8.24. The van der Waals surface area contributed by atoms with Gasteiger partial charge < -0.3 is 10.6 Å². The standard InChI is InChI=1S/C19H22FN3O/c20-17-13-16(7-8-18(17)21)19(24)23-10-4-9-22(11-12-23)14-15-5-2-1-3-6-15/h1-3,5-8,13H,4,9-12,14,21H2. The molecule has 0 unspecified atom stereocenters. The fourth-order valence-corrected chi connectivity index (χ4v) is 3.02. The second-order valence-corrected chi connectivity index (χ2v) is 6.14. The van der Waals surface area contributed by atoms with Gasteiger partial charge in [-0.2, -0.15) is 0 Å². The molecule has 4 nitrogen and oxygen atoms in total. The van der Waals surface area contributed by atoms with E-state index in [-0.39, 0.29) is 11.6 Å². The Morgan fingerprint density at radius 3 is 2.58 bits per heavy atom. The van der Waals surface area contributed by atoms with Gasteiger partial charge in [0, 0.05) is 38.3 Å². The van der Waals surface area contributed by atoms with E-state index in [9.17, 15) is 9.18 Å². The second kappa shape index (κ2) is 7.45. The number of carbonyl (C=O) groups excluding carboxylic acids is 1. The summed E-state index contributed by atoms with van der Waals surface area (Å²) in [6.07, 6.45) is 0.913. The normalized spacial score (nSPS) is 16.0. The number of hydrogen-bond acceptors (Lipinski definition) is 3. The highest BCUT2D eigenvalue weighted by atomic mass is 19.1. The summed E-state index contributed by atoms with van der Waals surface area (Å²) in [7, 11) is 0. The first-order chi connectivity index (χ1) is 11.6. The molecule has 1 heterocycles. The van der Waals surface area contributed by atoms with Crippen LogP contribution in [0.3, 0.4) is 0 Å². The van der Waals surface area contributed by atoms with Crippen molar-refractivity contribution in [3.63, 3.8) is 0 Å². The van der Waals surface area contributed by atoms with Gasteiger partial charge in [0.1, 0.15) is 5.82 Å². The van der Waals surface area contributed by atoms with Crippen LogP contribution in [0.15, 0.2) is 48.5 Å². The lowest BCUT2D eigenvalue weighted by atomic mass is 10.1. The topological polar surface area (TPSA) is 49.6 Å². The van der Waals surface area contributed by atoms with Crippen LogP contribution in [0.4, 0.5) is 10.1 Å². The Bertz CT molecular complexity index is 705. The number of rotatable bonds is 3. The highest BCUT2D eigenvalue weighted by Crippen LogP contribution is 2.16. The molecule has 1 fully saturated rings. The van der Waals surface area contributed by atoms with Gasteiger partial charge in [0.25, 0.3) is 5.91 Å². The van der Waals surface area contributed by atoms with E-state index in [1.165, 1.54) is 17.7 Å². The molecule has 2 aromatic carbocycles. The third kappa shape index (κ3) is 3.92. The number of anilines is 1. The minimum absolute atomic E-state index is 0.0662. The summed E-state index contributed by atoms with van der Waals surface area (Å²) < 4.78 is 13.6. The van der Waals surface area contributed by atoms with Crippen molar-refractivity contribution in [3.05, 3.63) is 65.5 Å². The summed E-state index contributed by atoms with van der Waals surface area (Å²) in [6.45, 7) is 4.00. The molecule has 0 atom stereocenters. The summed E-state index contributed by atoms with van der Waals surface area (Å²) >= 11 is 0. The summed E-state index contributed by atoms with van der Waals surface area (Å²) in [5, 5.41) is 0. The number of nitrogens with two attached hydrogens (primary N) is 1. The van der Waals surface area contributed by atoms with Crippen molar-refractivity contribution in [1.29, 1.82) is 0 Å². The van der Waals surface area contributed by atoms with E-state index in [4.69, 9.17) is 5.73 Å². The Labute approximate surface area is 141 Å². The highest BCUT2D eigenvalue weighted by Gasteiger charge is 2.21. The SMILES string of the molecule is Nc1ccc(C(=O)N2CCCN(Cc3ccccc3)CC2)cc1F. The summed E-state index contributed by atoms with van der Waals surface area (Å²) in [4.78, 5) is 16.7. The Kier molecular flexibility index (Phi) is 5.11. The summed E-state index contributed by atoms with van der Waals surface area (Å²) in [5.74, 6) is -0.670. The number of benzene rings is 2. The van der Waals surface area contributed by atoms with Gasteiger partial charge in [0.05, 0.1) is 5.69 Å². The van der Waals surface area contributed by atoms with Crippen LogP contribution in [0, 0.1) is 5.82 Å². The predicted molar refractivity (Wildman–Crippen MR) is 93.1 cm³/mol. The van der Waals surface area contributed by atoms with E-state index in [1.54, 1.807) is 11.0 Å². The molecule has 1 saturated heterocycles. The van der Waals surface area contributed by atoms with E-state index < -0.39 is 5.82 Å². The quantitative estimate of drug-likeness (QED) is 0.882. The monoisotopic (exact) mass is 327 g/mol. The van der Waals surface area contributed by atoms with Crippen molar-refractivity contribution in [1.82, 2.24) is 9.80 Å². The molecule has 126 valence electrons. The smallest absolute Gasteiger partial charge is 0.254 e. The molecule has 2 N–H and O–H groups in total. The number of carbonyl (C=O) groups is 1. The fraction of sp³-hybridized carbons (Fsp3) is 0.316. The molecular formula is C19H22FN3O. The molecule has 1 aliphatic rings. The maximum atomic E-state index is 13.6. The van der Waals surface area contributed by atoms with E-state index in [1.807, 2.05) is 18.2 Å². The molecule has 0 bridgehead atoms. The van der Waals surface area contributed by atoms with E-state index in [2.05, 4.69) is 17.0 Å². The third-order valence-corrected chi connectivity index (χ3v) is 4.37. The first kappa shape index (κ1) is 16.5. The van der Waals surface area contributed by atoms with E-state index >= 15 is 0 Å². The van der Waals surface area contributed by atoms with Gasteiger partial charge in [-0.05, 0) is 30.2 Å². The zero-order chi connectivity index (χ0) is 16.9. The molecule has 1 aliphatic heterocycles. The van der Waals surface area contributed by atoms with E-state index in [0.717, 1.165) is 26.1 Å². The summed E-state index contributed by atoms with van der Waals surface area (Å²) in [5.41, 5.74) is 7.18. The molecule has 24 heavy (non-hydrogen) atoms. The fourth-order valence-electron chi connectivity index (χ4n) is 3.02. The van der Waals surface area contributed by atoms with E-state index in [0.29, 0.717) is 18.7 Å². The van der Waals surface area contributed by atoms with Gasteiger partial charge in [-0.25, -0.2) is 4.39 Å². The number of nitrogens with zero attached hydrogens (tertiary/aromatic N) is 2. The largest absolute Gasteiger partial charge is 0.396 e. The minimum atomic E-state index is -0.540. The molecule has 2 aromatic rings. The first-order valence-electron chi connectivity index (χ1n) is 8.24. The van der Waals surface area contributed by atoms with Crippen LogP contribution in [0.25, 0.3) is 0 Å². The molecule has 0 saturated carbocycles. The van der Waals surface area contributed by atoms with Gasteiger partial charge in [-0.3, -0.25) is 9.69 Å².